The highest BCUT2D eigenvalue weighted by atomic mass is 35.5. The first-order valence-corrected chi connectivity index (χ1v) is 10.9. The molecule has 1 N–H and O–H groups in total. The highest BCUT2D eigenvalue weighted by Gasteiger charge is 2.32. The lowest BCUT2D eigenvalue weighted by Crippen LogP contribution is -2.17. The lowest BCUT2D eigenvalue weighted by molar-refractivity contribution is -0.110. The lowest BCUT2D eigenvalue weighted by atomic mass is 10.00. The Morgan fingerprint density at radius 1 is 1.03 bits per heavy atom. The molecule has 0 spiro atoms. The molecule has 0 aromatic heterocycles. The minimum atomic E-state index is -0.178. The number of amides is 1. The number of benzene rings is 3. The van der Waals surface area contributed by atoms with Crippen molar-refractivity contribution in [2.75, 3.05) is 31.5 Å². The molecule has 3 aromatic rings. The van der Waals surface area contributed by atoms with Crippen LogP contribution in [0, 0.1) is 0 Å². The summed E-state index contributed by atoms with van der Waals surface area (Å²) in [5.74, 6) is 1.95. The van der Waals surface area contributed by atoms with Crippen molar-refractivity contribution in [2.24, 2.45) is 0 Å². The Kier molecular flexibility index (Phi) is 5.38. The number of ether oxygens (including phenoxy) is 3. The van der Waals surface area contributed by atoms with Crippen molar-refractivity contribution < 1.29 is 19.0 Å². The van der Waals surface area contributed by atoms with Crippen LogP contribution in [0.2, 0.25) is 5.02 Å². The third kappa shape index (κ3) is 3.76. The summed E-state index contributed by atoms with van der Waals surface area (Å²) in [7, 11) is 5.33. The van der Waals surface area contributed by atoms with Gasteiger partial charge in [0.15, 0.2) is 0 Å². The molecule has 6 nitrogen and oxygen atoms in total. The molecule has 0 fully saturated rings. The van der Waals surface area contributed by atoms with Gasteiger partial charge in [0.2, 0.25) is 0 Å². The topological polar surface area (TPSA) is 60.0 Å². The monoisotopic (exact) mass is 462 g/mol. The Bertz CT molecular complexity index is 1300. The number of methoxy groups -OCH3 is 2. The smallest absolute Gasteiger partial charge is 0.260 e. The van der Waals surface area contributed by atoms with Crippen LogP contribution >= 0.6 is 11.6 Å². The van der Waals surface area contributed by atoms with E-state index in [9.17, 15) is 4.79 Å². The van der Waals surface area contributed by atoms with Gasteiger partial charge in [0.25, 0.3) is 5.91 Å². The summed E-state index contributed by atoms with van der Waals surface area (Å²) in [4.78, 5) is 14.8. The number of anilines is 2. The molecule has 7 heteroatoms. The van der Waals surface area contributed by atoms with Crippen LogP contribution < -0.4 is 19.7 Å². The number of carbonyl (C=O) groups excluding carboxylic acids is 1. The molecular formula is C26H23ClN2O4. The number of nitrogens with zero attached hydrogens (tertiary/aromatic N) is 1. The van der Waals surface area contributed by atoms with Crippen LogP contribution in [0.4, 0.5) is 11.4 Å². The van der Waals surface area contributed by atoms with Gasteiger partial charge in [0.1, 0.15) is 23.9 Å². The third-order valence-electron chi connectivity index (χ3n) is 6.00. The summed E-state index contributed by atoms with van der Waals surface area (Å²) in [6.07, 6.45) is 0. The quantitative estimate of drug-likeness (QED) is 0.518. The second-order valence-corrected chi connectivity index (χ2v) is 8.45. The molecule has 0 radical (unpaired) electrons. The number of fused-ring (bicyclic) bond motifs is 2. The summed E-state index contributed by atoms with van der Waals surface area (Å²) >= 11 is 6.18. The van der Waals surface area contributed by atoms with Gasteiger partial charge in [-0.15, -0.1) is 0 Å². The first-order chi connectivity index (χ1) is 16.0. The van der Waals surface area contributed by atoms with Gasteiger partial charge in [0.05, 0.1) is 19.8 Å². The maximum Gasteiger partial charge on any atom is 0.260 e. The SMILES string of the molecule is COc1ccc(CN(C)c2ccc3c(c2)COC3=C2C(=O)Nc3ccc(Cl)cc32)c(OC)c1. The first kappa shape index (κ1) is 21.2. The molecule has 0 saturated carbocycles. The Morgan fingerprint density at radius 3 is 2.67 bits per heavy atom. The van der Waals surface area contributed by atoms with E-state index >= 15 is 0 Å². The van der Waals surface area contributed by atoms with Crippen LogP contribution in [0.25, 0.3) is 11.3 Å². The lowest BCUT2D eigenvalue weighted by Gasteiger charge is -2.21. The van der Waals surface area contributed by atoms with Crippen molar-refractivity contribution in [2.45, 2.75) is 13.2 Å². The zero-order chi connectivity index (χ0) is 23.1. The summed E-state index contributed by atoms with van der Waals surface area (Å²) < 4.78 is 16.8. The molecule has 1 amide bonds. The number of carbonyl (C=O) groups is 1. The average molecular weight is 463 g/mol. The highest BCUT2D eigenvalue weighted by molar-refractivity contribution is 6.38. The molecule has 0 unspecified atom stereocenters. The van der Waals surface area contributed by atoms with Gasteiger partial charge in [-0.3, -0.25) is 4.79 Å². The number of rotatable bonds is 5. The standard InChI is InChI=1S/C26H23ClN2O4/c1-29(13-15-4-7-19(31-2)12-23(15)32-3)18-6-8-20-16(10-18)14-33-25(20)24-21-11-17(27)5-9-22(21)28-26(24)30/h4-12H,13-14H2,1-3H3,(H,28,30). The summed E-state index contributed by atoms with van der Waals surface area (Å²) in [6, 6.07) is 17.3. The molecule has 0 aliphatic carbocycles. The normalized spacial score (nSPS) is 16.1. The van der Waals surface area contributed by atoms with E-state index in [-0.39, 0.29) is 5.91 Å². The Balaban J connectivity index is 1.45. The number of hydrogen-bond acceptors (Lipinski definition) is 5. The fourth-order valence-corrected chi connectivity index (χ4v) is 4.46. The van der Waals surface area contributed by atoms with Crippen molar-refractivity contribution in [1.29, 1.82) is 0 Å². The average Bonchev–Trinajstić information content (AvgIpc) is 3.38. The summed E-state index contributed by atoms with van der Waals surface area (Å²) in [5.41, 5.74) is 6.09. The van der Waals surface area contributed by atoms with E-state index in [0.29, 0.717) is 29.5 Å². The van der Waals surface area contributed by atoms with E-state index in [0.717, 1.165) is 45.1 Å². The van der Waals surface area contributed by atoms with Crippen molar-refractivity contribution in [3.8, 4) is 11.5 Å². The first-order valence-electron chi connectivity index (χ1n) is 10.5. The molecule has 5 rings (SSSR count). The van der Waals surface area contributed by atoms with Crippen LogP contribution in [0.3, 0.4) is 0 Å². The molecule has 2 aliphatic heterocycles. The fourth-order valence-electron chi connectivity index (χ4n) is 4.29. The Labute approximate surface area is 197 Å². The van der Waals surface area contributed by atoms with E-state index in [1.807, 2.05) is 43.4 Å². The molecule has 0 saturated heterocycles. The van der Waals surface area contributed by atoms with Crippen LogP contribution in [0.15, 0.2) is 54.6 Å². The zero-order valence-corrected chi connectivity index (χ0v) is 19.3. The fraction of sp³-hybridized carbons (Fsp3) is 0.192. The molecule has 0 bridgehead atoms. The van der Waals surface area contributed by atoms with Gasteiger partial charge in [0, 0.05) is 58.3 Å². The van der Waals surface area contributed by atoms with Crippen LogP contribution in [-0.2, 0) is 22.7 Å². The van der Waals surface area contributed by atoms with Crippen LogP contribution in [0.5, 0.6) is 11.5 Å². The predicted molar refractivity (Wildman–Crippen MR) is 130 cm³/mol. The van der Waals surface area contributed by atoms with Crippen molar-refractivity contribution in [1.82, 2.24) is 0 Å². The van der Waals surface area contributed by atoms with E-state index < -0.39 is 0 Å². The number of hydrogen-bond donors (Lipinski definition) is 1. The minimum absolute atomic E-state index is 0.178. The van der Waals surface area contributed by atoms with Gasteiger partial charge in [-0.2, -0.15) is 0 Å². The van der Waals surface area contributed by atoms with Crippen LogP contribution in [-0.4, -0.2) is 27.2 Å². The molecule has 168 valence electrons. The molecule has 2 aliphatic rings. The third-order valence-corrected chi connectivity index (χ3v) is 6.24. The second-order valence-electron chi connectivity index (χ2n) is 8.01. The largest absolute Gasteiger partial charge is 0.497 e. The maximum absolute atomic E-state index is 12.7. The van der Waals surface area contributed by atoms with Crippen LogP contribution in [0.1, 0.15) is 22.3 Å². The van der Waals surface area contributed by atoms with Gasteiger partial charge < -0.3 is 24.4 Å². The molecular weight excluding hydrogens is 440 g/mol. The van der Waals surface area contributed by atoms with E-state index in [1.54, 1.807) is 26.4 Å². The summed E-state index contributed by atoms with van der Waals surface area (Å²) in [6.45, 7) is 1.07. The van der Waals surface area contributed by atoms with Gasteiger partial charge in [-0.05, 0) is 48.5 Å². The molecule has 3 aromatic carbocycles. The van der Waals surface area contributed by atoms with Crippen molar-refractivity contribution in [3.05, 3.63) is 81.9 Å². The Morgan fingerprint density at radius 2 is 1.88 bits per heavy atom. The minimum Gasteiger partial charge on any atom is -0.497 e. The van der Waals surface area contributed by atoms with Gasteiger partial charge in [-0.1, -0.05) is 11.6 Å². The summed E-state index contributed by atoms with van der Waals surface area (Å²) in [5, 5.41) is 3.47. The molecule has 0 atom stereocenters. The second kappa shape index (κ2) is 8.37. The number of nitrogens with one attached hydrogen (secondary N) is 1. The van der Waals surface area contributed by atoms with Crippen molar-refractivity contribution >= 4 is 40.2 Å². The predicted octanol–water partition coefficient (Wildman–Crippen LogP) is 5.34. The molecule has 2 heterocycles. The zero-order valence-electron chi connectivity index (χ0n) is 18.6. The maximum atomic E-state index is 12.7. The number of halogens is 1. The highest BCUT2D eigenvalue weighted by Crippen LogP contribution is 2.43. The van der Waals surface area contributed by atoms with Gasteiger partial charge in [-0.25, -0.2) is 0 Å². The Hall–Kier alpha value is -3.64. The molecule has 33 heavy (non-hydrogen) atoms. The van der Waals surface area contributed by atoms with E-state index in [4.69, 9.17) is 25.8 Å². The van der Waals surface area contributed by atoms with Crippen molar-refractivity contribution in [3.63, 3.8) is 0 Å². The van der Waals surface area contributed by atoms with E-state index in [1.165, 1.54) is 0 Å². The van der Waals surface area contributed by atoms with E-state index in [2.05, 4.69) is 16.3 Å². The van der Waals surface area contributed by atoms with Gasteiger partial charge >= 0.3 is 0 Å².